The summed E-state index contributed by atoms with van der Waals surface area (Å²) in [5, 5.41) is 0. The van der Waals surface area contributed by atoms with Crippen molar-refractivity contribution < 1.29 is 9.59 Å². The number of piperazine rings is 1. The molecule has 0 aromatic rings. The van der Waals surface area contributed by atoms with E-state index in [2.05, 4.69) is 18.7 Å². The van der Waals surface area contributed by atoms with Crippen LogP contribution in [0.5, 0.6) is 0 Å². The Balaban J connectivity index is 2.35. The predicted octanol–water partition coefficient (Wildman–Crippen LogP) is -0.371. The first kappa shape index (κ1) is 13.0. The van der Waals surface area contributed by atoms with E-state index in [1.807, 2.05) is 4.90 Å². The molecule has 2 amide bonds. The average Bonchev–Trinajstić information content (AvgIpc) is 2.35. The SMILES string of the molecule is CCN(CC)CC(=O)N1CCN(C=O)CC1. The molecule has 0 aliphatic carbocycles. The molecule has 0 saturated carbocycles. The number of rotatable bonds is 5. The number of amides is 2. The van der Waals surface area contributed by atoms with Gasteiger partial charge in [-0.25, -0.2) is 0 Å². The minimum atomic E-state index is 0.175. The van der Waals surface area contributed by atoms with E-state index in [1.54, 1.807) is 4.90 Å². The number of carbonyl (C=O) groups excluding carboxylic acids is 2. The lowest BCUT2D eigenvalue weighted by Crippen LogP contribution is -2.50. The van der Waals surface area contributed by atoms with Gasteiger partial charge in [-0.1, -0.05) is 13.8 Å². The van der Waals surface area contributed by atoms with Gasteiger partial charge in [0, 0.05) is 26.2 Å². The first-order valence-electron chi connectivity index (χ1n) is 5.90. The maximum absolute atomic E-state index is 11.9. The lowest BCUT2D eigenvalue weighted by atomic mass is 10.3. The normalized spacial score (nSPS) is 16.7. The Kier molecular flexibility index (Phi) is 5.25. The first-order valence-corrected chi connectivity index (χ1v) is 5.90. The molecule has 1 aliphatic rings. The number of likely N-dealkylation sites (N-methyl/N-ethyl adjacent to an activating group) is 1. The third-order valence-electron chi connectivity index (χ3n) is 3.07. The number of hydrogen-bond acceptors (Lipinski definition) is 3. The van der Waals surface area contributed by atoms with Crippen molar-refractivity contribution in [3.8, 4) is 0 Å². The summed E-state index contributed by atoms with van der Waals surface area (Å²) in [6, 6.07) is 0. The molecule has 16 heavy (non-hydrogen) atoms. The van der Waals surface area contributed by atoms with Crippen LogP contribution < -0.4 is 0 Å². The third kappa shape index (κ3) is 3.48. The molecule has 0 aromatic heterocycles. The summed E-state index contributed by atoms with van der Waals surface area (Å²) >= 11 is 0. The second-order valence-corrected chi connectivity index (χ2v) is 3.98. The van der Waals surface area contributed by atoms with E-state index in [9.17, 15) is 9.59 Å². The van der Waals surface area contributed by atoms with Crippen molar-refractivity contribution in [2.45, 2.75) is 13.8 Å². The lowest BCUT2D eigenvalue weighted by molar-refractivity contribution is -0.136. The second-order valence-electron chi connectivity index (χ2n) is 3.98. The first-order chi connectivity index (χ1) is 7.71. The second kappa shape index (κ2) is 6.48. The Morgan fingerprint density at radius 3 is 2.19 bits per heavy atom. The lowest BCUT2D eigenvalue weighted by Gasteiger charge is -2.33. The van der Waals surface area contributed by atoms with E-state index in [1.165, 1.54) is 0 Å². The minimum absolute atomic E-state index is 0.175. The van der Waals surface area contributed by atoms with Crippen LogP contribution in [-0.4, -0.2) is 72.8 Å². The maximum atomic E-state index is 11.9. The molecule has 1 saturated heterocycles. The van der Waals surface area contributed by atoms with Gasteiger partial charge in [0.05, 0.1) is 6.54 Å². The molecular formula is C11H21N3O2. The number of hydrogen-bond donors (Lipinski definition) is 0. The van der Waals surface area contributed by atoms with Crippen LogP contribution in [0.3, 0.4) is 0 Å². The van der Waals surface area contributed by atoms with Crippen LogP contribution in [0.4, 0.5) is 0 Å². The third-order valence-corrected chi connectivity index (χ3v) is 3.07. The zero-order valence-corrected chi connectivity index (χ0v) is 10.2. The molecule has 1 rings (SSSR count). The number of nitrogens with zero attached hydrogens (tertiary/aromatic N) is 3. The molecule has 1 fully saturated rings. The molecule has 1 heterocycles. The van der Waals surface area contributed by atoms with Gasteiger partial charge in [-0.2, -0.15) is 0 Å². The maximum Gasteiger partial charge on any atom is 0.236 e. The molecule has 0 unspecified atom stereocenters. The molecule has 5 nitrogen and oxygen atoms in total. The molecule has 0 spiro atoms. The van der Waals surface area contributed by atoms with E-state index in [0.29, 0.717) is 32.7 Å². The summed E-state index contributed by atoms with van der Waals surface area (Å²) in [5.41, 5.74) is 0. The molecule has 0 radical (unpaired) electrons. The Bertz CT molecular complexity index is 233. The molecule has 0 atom stereocenters. The largest absolute Gasteiger partial charge is 0.342 e. The minimum Gasteiger partial charge on any atom is -0.342 e. The smallest absolute Gasteiger partial charge is 0.236 e. The highest BCUT2D eigenvalue weighted by molar-refractivity contribution is 5.78. The van der Waals surface area contributed by atoms with Crippen LogP contribution in [0.15, 0.2) is 0 Å². The van der Waals surface area contributed by atoms with Crippen LogP contribution in [-0.2, 0) is 9.59 Å². The highest BCUT2D eigenvalue weighted by Crippen LogP contribution is 2.01. The van der Waals surface area contributed by atoms with Gasteiger partial charge in [-0.3, -0.25) is 14.5 Å². The van der Waals surface area contributed by atoms with E-state index in [0.717, 1.165) is 19.5 Å². The molecule has 0 N–H and O–H groups in total. The molecule has 1 aliphatic heterocycles. The van der Waals surface area contributed by atoms with Crippen molar-refractivity contribution in [1.82, 2.24) is 14.7 Å². The topological polar surface area (TPSA) is 43.9 Å². The Hall–Kier alpha value is -1.10. The van der Waals surface area contributed by atoms with Crippen molar-refractivity contribution in [2.75, 3.05) is 45.8 Å². The fraction of sp³-hybridized carbons (Fsp3) is 0.818. The van der Waals surface area contributed by atoms with Gasteiger partial charge in [0.25, 0.3) is 0 Å². The van der Waals surface area contributed by atoms with Gasteiger partial charge in [-0.15, -0.1) is 0 Å². The zero-order chi connectivity index (χ0) is 12.0. The summed E-state index contributed by atoms with van der Waals surface area (Å²) in [7, 11) is 0. The molecule has 0 aromatic carbocycles. The quantitative estimate of drug-likeness (QED) is 0.602. The fourth-order valence-electron chi connectivity index (χ4n) is 1.82. The van der Waals surface area contributed by atoms with Crippen molar-refractivity contribution in [3.05, 3.63) is 0 Å². The highest BCUT2D eigenvalue weighted by atomic mass is 16.2. The van der Waals surface area contributed by atoms with Gasteiger partial charge >= 0.3 is 0 Å². The van der Waals surface area contributed by atoms with Crippen molar-refractivity contribution in [1.29, 1.82) is 0 Å². The monoisotopic (exact) mass is 227 g/mol. The Labute approximate surface area is 97.0 Å². The highest BCUT2D eigenvalue weighted by Gasteiger charge is 2.20. The molecule has 0 bridgehead atoms. The average molecular weight is 227 g/mol. The van der Waals surface area contributed by atoms with Gasteiger partial charge in [0.2, 0.25) is 12.3 Å². The van der Waals surface area contributed by atoms with Crippen molar-refractivity contribution in [2.24, 2.45) is 0 Å². The van der Waals surface area contributed by atoms with Gasteiger partial charge in [0.15, 0.2) is 0 Å². The fourth-order valence-corrected chi connectivity index (χ4v) is 1.82. The van der Waals surface area contributed by atoms with Crippen LogP contribution in [0.1, 0.15) is 13.8 Å². The van der Waals surface area contributed by atoms with Crippen molar-refractivity contribution in [3.63, 3.8) is 0 Å². The van der Waals surface area contributed by atoms with Crippen LogP contribution in [0.2, 0.25) is 0 Å². The summed E-state index contributed by atoms with van der Waals surface area (Å²) in [6.07, 6.45) is 0.853. The molecule has 5 heteroatoms. The molecule has 92 valence electrons. The van der Waals surface area contributed by atoms with Gasteiger partial charge in [-0.05, 0) is 13.1 Å². The molecular weight excluding hydrogens is 206 g/mol. The van der Waals surface area contributed by atoms with Gasteiger partial charge < -0.3 is 9.80 Å². The summed E-state index contributed by atoms with van der Waals surface area (Å²) in [5.74, 6) is 0.175. The van der Waals surface area contributed by atoms with Crippen LogP contribution in [0.25, 0.3) is 0 Å². The van der Waals surface area contributed by atoms with E-state index in [-0.39, 0.29) is 5.91 Å². The van der Waals surface area contributed by atoms with Crippen LogP contribution in [0, 0.1) is 0 Å². The number of carbonyl (C=O) groups is 2. The standard InChI is InChI=1S/C11H21N3O2/c1-3-12(4-2)9-11(16)14-7-5-13(10-15)6-8-14/h10H,3-9H2,1-2H3. The van der Waals surface area contributed by atoms with E-state index >= 15 is 0 Å². The zero-order valence-electron chi connectivity index (χ0n) is 10.2. The predicted molar refractivity (Wildman–Crippen MR) is 62.0 cm³/mol. The summed E-state index contributed by atoms with van der Waals surface area (Å²) in [6.45, 7) is 9.06. The summed E-state index contributed by atoms with van der Waals surface area (Å²) < 4.78 is 0. The summed E-state index contributed by atoms with van der Waals surface area (Å²) in [4.78, 5) is 28.1. The van der Waals surface area contributed by atoms with E-state index in [4.69, 9.17) is 0 Å². The van der Waals surface area contributed by atoms with Crippen molar-refractivity contribution >= 4 is 12.3 Å². The van der Waals surface area contributed by atoms with Crippen LogP contribution >= 0.6 is 0 Å². The Morgan fingerprint density at radius 1 is 1.19 bits per heavy atom. The van der Waals surface area contributed by atoms with Gasteiger partial charge in [0.1, 0.15) is 0 Å². The Morgan fingerprint density at radius 2 is 1.75 bits per heavy atom. The van der Waals surface area contributed by atoms with E-state index < -0.39 is 0 Å².